The summed E-state index contributed by atoms with van der Waals surface area (Å²) < 4.78 is 57.0. The van der Waals surface area contributed by atoms with Crippen LogP contribution >= 0.6 is 15.9 Å². The number of hydrogen-bond acceptors (Lipinski definition) is 5. The van der Waals surface area contributed by atoms with E-state index in [0.717, 1.165) is 4.57 Å². The van der Waals surface area contributed by atoms with Crippen LogP contribution in [-0.4, -0.2) is 22.3 Å². The van der Waals surface area contributed by atoms with Gasteiger partial charge in [-0.3, -0.25) is 4.79 Å². The van der Waals surface area contributed by atoms with E-state index >= 15 is 0 Å². The molecule has 6 nitrogen and oxygen atoms in total. The van der Waals surface area contributed by atoms with Gasteiger partial charge in [0.1, 0.15) is 13.2 Å². The largest absolute Gasteiger partial charge is 0.459 e. The molecule has 0 radical (unpaired) electrons. The summed E-state index contributed by atoms with van der Waals surface area (Å²) in [6.45, 7) is -0.652. The minimum atomic E-state index is -4.69. The zero-order chi connectivity index (χ0) is 19.9. The van der Waals surface area contributed by atoms with Crippen molar-refractivity contribution in [1.82, 2.24) is 9.55 Å². The molecule has 3 aromatic rings. The molecular formula is C18H12BrF3N2O4. The molecule has 2 heterocycles. The second-order valence-electron chi connectivity index (χ2n) is 5.97. The number of imidazole rings is 1. The van der Waals surface area contributed by atoms with Gasteiger partial charge in [0.05, 0.1) is 11.0 Å². The number of aromatic nitrogens is 2. The van der Waals surface area contributed by atoms with Crippen molar-refractivity contribution in [2.24, 2.45) is 0 Å². The normalized spacial score (nSPS) is 13.1. The van der Waals surface area contributed by atoms with Gasteiger partial charge in [0, 0.05) is 10.0 Å². The molecule has 0 spiro atoms. The summed E-state index contributed by atoms with van der Waals surface area (Å²) in [6.07, 6.45) is -4.69. The second kappa shape index (κ2) is 7.01. The molecule has 0 aliphatic carbocycles. The van der Waals surface area contributed by atoms with E-state index in [9.17, 15) is 18.0 Å². The summed E-state index contributed by atoms with van der Waals surface area (Å²) in [5.41, 5.74) is 0.960. The maximum absolute atomic E-state index is 13.3. The van der Waals surface area contributed by atoms with Gasteiger partial charge in [-0.15, -0.1) is 0 Å². The molecule has 146 valence electrons. The molecule has 1 aromatic heterocycles. The third kappa shape index (κ3) is 3.51. The number of alkyl halides is 3. The monoisotopic (exact) mass is 456 g/mol. The van der Waals surface area contributed by atoms with Crippen LogP contribution in [0.1, 0.15) is 11.4 Å². The quantitative estimate of drug-likeness (QED) is 0.548. The van der Waals surface area contributed by atoms with Crippen LogP contribution in [0.5, 0.6) is 11.5 Å². The maximum Gasteiger partial charge on any atom is 0.449 e. The zero-order valence-corrected chi connectivity index (χ0v) is 15.7. The Balaban J connectivity index is 1.53. The van der Waals surface area contributed by atoms with E-state index in [1.54, 1.807) is 24.3 Å². The second-order valence-corrected chi connectivity index (χ2v) is 6.82. The lowest BCUT2D eigenvalue weighted by Crippen LogP contribution is -2.20. The number of esters is 1. The average molecular weight is 457 g/mol. The molecule has 0 fully saturated rings. The molecule has 0 saturated heterocycles. The van der Waals surface area contributed by atoms with E-state index < -0.39 is 24.5 Å². The topological polar surface area (TPSA) is 62.6 Å². The highest BCUT2D eigenvalue weighted by Gasteiger charge is 2.38. The summed E-state index contributed by atoms with van der Waals surface area (Å²) >= 11 is 3.34. The molecule has 2 aromatic carbocycles. The van der Waals surface area contributed by atoms with Crippen molar-refractivity contribution < 1.29 is 32.2 Å². The lowest BCUT2D eigenvalue weighted by Gasteiger charge is -2.12. The van der Waals surface area contributed by atoms with E-state index in [0.29, 0.717) is 21.5 Å². The fourth-order valence-electron chi connectivity index (χ4n) is 2.85. The molecule has 0 saturated carbocycles. The third-order valence-corrected chi connectivity index (χ3v) is 4.86. The van der Waals surface area contributed by atoms with Crippen LogP contribution in [-0.2, 0) is 28.9 Å². The number of halogens is 4. The van der Waals surface area contributed by atoms with Crippen LogP contribution < -0.4 is 9.47 Å². The number of fused-ring (bicyclic) bond motifs is 2. The fraction of sp³-hybridized carbons (Fsp3) is 0.222. The van der Waals surface area contributed by atoms with Gasteiger partial charge in [-0.2, -0.15) is 13.2 Å². The molecule has 0 unspecified atom stereocenters. The number of hydrogen-bond donors (Lipinski definition) is 0. The van der Waals surface area contributed by atoms with E-state index in [2.05, 4.69) is 20.9 Å². The molecule has 4 rings (SSSR count). The molecule has 1 aliphatic rings. The fourth-order valence-corrected chi connectivity index (χ4v) is 3.29. The highest BCUT2D eigenvalue weighted by molar-refractivity contribution is 9.10. The first kappa shape index (κ1) is 18.6. The Hall–Kier alpha value is -2.75. The van der Waals surface area contributed by atoms with E-state index in [1.807, 2.05) is 0 Å². The summed E-state index contributed by atoms with van der Waals surface area (Å²) in [7, 11) is 0. The number of nitrogens with zero attached hydrogens (tertiary/aromatic N) is 2. The van der Waals surface area contributed by atoms with Gasteiger partial charge < -0.3 is 18.8 Å². The Morgan fingerprint density at radius 3 is 2.68 bits per heavy atom. The Labute approximate surface area is 164 Å². The predicted octanol–water partition coefficient (Wildman–Crippen LogP) is 4.29. The zero-order valence-electron chi connectivity index (χ0n) is 14.1. The number of carbonyl (C=O) groups is 1. The van der Waals surface area contributed by atoms with Crippen LogP contribution in [0.4, 0.5) is 13.2 Å². The lowest BCUT2D eigenvalue weighted by atomic mass is 10.2. The number of ether oxygens (including phenoxy) is 3. The van der Waals surface area contributed by atoms with Crippen molar-refractivity contribution in [3.05, 3.63) is 52.3 Å². The minimum absolute atomic E-state index is 0.0962. The van der Waals surface area contributed by atoms with Crippen molar-refractivity contribution in [3.63, 3.8) is 0 Å². The van der Waals surface area contributed by atoms with Crippen molar-refractivity contribution in [3.8, 4) is 11.5 Å². The first-order chi connectivity index (χ1) is 13.3. The molecular weight excluding hydrogens is 445 g/mol. The minimum Gasteiger partial charge on any atom is -0.459 e. The van der Waals surface area contributed by atoms with Crippen molar-refractivity contribution in [1.29, 1.82) is 0 Å². The first-order valence-corrected chi connectivity index (χ1v) is 8.88. The molecule has 1 aliphatic heterocycles. The number of rotatable bonds is 4. The Kier molecular flexibility index (Phi) is 4.66. The van der Waals surface area contributed by atoms with Crippen LogP contribution in [0.2, 0.25) is 0 Å². The van der Waals surface area contributed by atoms with Gasteiger partial charge in [-0.25, -0.2) is 4.98 Å². The van der Waals surface area contributed by atoms with Crippen molar-refractivity contribution in [2.75, 3.05) is 6.79 Å². The van der Waals surface area contributed by atoms with E-state index in [-0.39, 0.29) is 24.4 Å². The summed E-state index contributed by atoms with van der Waals surface area (Å²) in [4.78, 5) is 15.8. The van der Waals surface area contributed by atoms with Gasteiger partial charge in [-0.1, -0.05) is 28.1 Å². The summed E-state index contributed by atoms with van der Waals surface area (Å²) in [5.74, 6) is -0.899. The summed E-state index contributed by atoms with van der Waals surface area (Å²) in [6, 6.07) is 9.41. The number of benzene rings is 2. The van der Waals surface area contributed by atoms with Gasteiger partial charge in [0.25, 0.3) is 0 Å². The number of carbonyl (C=O) groups excluding carboxylic acids is 1. The molecule has 28 heavy (non-hydrogen) atoms. The van der Waals surface area contributed by atoms with Crippen LogP contribution in [0.3, 0.4) is 0 Å². The SMILES string of the molecule is O=C(Cn1c(C(F)(F)F)nc2ccccc21)OCc1cc2c(cc1Br)OCO2. The van der Waals surface area contributed by atoms with Crippen LogP contribution in [0, 0.1) is 0 Å². The molecule has 0 N–H and O–H groups in total. The standard InChI is InChI=1S/C18H12BrF3N2O4/c19-11-6-15-14(27-9-28-15)5-10(11)8-26-16(25)7-24-13-4-2-1-3-12(13)23-17(24)18(20,21)22/h1-6H,7-9H2. The Morgan fingerprint density at radius 2 is 1.93 bits per heavy atom. The van der Waals surface area contributed by atoms with E-state index in [4.69, 9.17) is 14.2 Å². The predicted molar refractivity (Wildman–Crippen MR) is 94.8 cm³/mol. The van der Waals surface area contributed by atoms with Gasteiger partial charge in [0.2, 0.25) is 12.6 Å². The summed E-state index contributed by atoms with van der Waals surface area (Å²) in [5, 5.41) is 0. The molecule has 10 heteroatoms. The third-order valence-electron chi connectivity index (χ3n) is 4.13. The van der Waals surface area contributed by atoms with Gasteiger partial charge in [0.15, 0.2) is 11.5 Å². The lowest BCUT2D eigenvalue weighted by molar-refractivity contribution is -0.151. The first-order valence-electron chi connectivity index (χ1n) is 8.09. The van der Waals surface area contributed by atoms with E-state index in [1.165, 1.54) is 12.1 Å². The number of para-hydroxylation sites is 2. The Morgan fingerprint density at radius 1 is 1.21 bits per heavy atom. The van der Waals surface area contributed by atoms with Crippen molar-refractivity contribution >= 4 is 32.9 Å². The molecule has 0 bridgehead atoms. The molecule has 0 amide bonds. The Bertz CT molecular complexity index is 1060. The molecule has 0 atom stereocenters. The van der Waals surface area contributed by atoms with Crippen LogP contribution in [0.15, 0.2) is 40.9 Å². The van der Waals surface area contributed by atoms with Gasteiger partial charge >= 0.3 is 12.1 Å². The smallest absolute Gasteiger partial charge is 0.449 e. The highest BCUT2D eigenvalue weighted by Crippen LogP contribution is 2.37. The highest BCUT2D eigenvalue weighted by atomic mass is 79.9. The maximum atomic E-state index is 13.3. The van der Waals surface area contributed by atoms with Gasteiger partial charge in [-0.05, 0) is 24.3 Å². The van der Waals surface area contributed by atoms with Crippen LogP contribution in [0.25, 0.3) is 11.0 Å². The average Bonchev–Trinajstić information content (AvgIpc) is 3.24. The van der Waals surface area contributed by atoms with Crippen molar-refractivity contribution in [2.45, 2.75) is 19.3 Å².